The van der Waals surface area contributed by atoms with E-state index < -0.39 is 0 Å². The third-order valence-electron chi connectivity index (χ3n) is 3.79. The number of esters is 2. The molecule has 0 aromatic carbocycles. The quantitative estimate of drug-likeness (QED) is 0.568. The molecular weight excluding hydrogens is 276 g/mol. The molecule has 2 unspecified atom stereocenters. The lowest BCUT2D eigenvalue weighted by atomic mass is 10.00. The van der Waals surface area contributed by atoms with Gasteiger partial charge in [0.15, 0.2) is 0 Å². The van der Waals surface area contributed by atoms with E-state index in [0.29, 0.717) is 57.8 Å². The Balaban J connectivity index is 1.44. The molecule has 0 saturated carbocycles. The van der Waals surface area contributed by atoms with Gasteiger partial charge >= 0.3 is 11.9 Å². The maximum absolute atomic E-state index is 11.6. The highest BCUT2D eigenvalue weighted by Gasteiger charge is 2.29. The molecule has 2 aliphatic heterocycles. The van der Waals surface area contributed by atoms with Gasteiger partial charge in [0, 0.05) is 25.7 Å². The number of ether oxygens (including phenoxy) is 2. The minimum Gasteiger partial charge on any atom is -0.462 e. The first-order valence-corrected chi connectivity index (χ1v) is 7.45. The number of hydrogen-bond acceptors (Lipinski definition) is 6. The van der Waals surface area contributed by atoms with E-state index in [1.165, 1.54) is 0 Å². The van der Waals surface area contributed by atoms with E-state index in [9.17, 15) is 19.2 Å². The summed E-state index contributed by atoms with van der Waals surface area (Å²) in [5.41, 5.74) is 0. The van der Waals surface area contributed by atoms with Crippen molar-refractivity contribution in [2.24, 2.45) is 0 Å². The van der Waals surface area contributed by atoms with Crippen LogP contribution in [0.15, 0.2) is 0 Å². The molecule has 2 heterocycles. The third kappa shape index (κ3) is 5.28. The smallest absolute Gasteiger partial charge is 0.309 e. The SMILES string of the molecule is O=C(CCCC(=O)CCC1CC(=O)O1)CCC1CC(=O)O1. The molecule has 0 radical (unpaired) electrons. The Labute approximate surface area is 123 Å². The van der Waals surface area contributed by atoms with E-state index in [-0.39, 0.29) is 35.7 Å². The van der Waals surface area contributed by atoms with Gasteiger partial charge in [-0.1, -0.05) is 0 Å². The van der Waals surface area contributed by atoms with Gasteiger partial charge in [-0.15, -0.1) is 0 Å². The first-order chi connectivity index (χ1) is 10.0. The van der Waals surface area contributed by atoms with Crippen molar-refractivity contribution in [2.45, 2.75) is 70.0 Å². The second kappa shape index (κ2) is 7.33. The molecule has 0 aromatic rings. The molecule has 2 rings (SSSR count). The predicted molar refractivity (Wildman–Crippen MR) is 71.3 cm³/mol. The normalized spacial score (nSPS) is 23.6. The zero-order chi connectivity index (χ0) is 15.2. The van der Waals surface area contributed by atoms with E-state index in [4.69, 9.17) is 9.47 Å². The van der Waals surface area contributed by atoms with Crippen molar-refractivity contribution in [3.63, 3.8) is 0 Å². The van der Waals surface area contributed by atoms with Crippen molar-refractivity contribution >= 4 is 23.5 Å². The maximum Gasteiger partial charge on any atom is 0.309 e. The number of cyclic esters (lactones) is 2. The average molecular weight is 296 g/mol. The summed E-state index contributed by atoms with van der Waals surface area (Å²) in [4.78, 5) is 44.4. The molecule has 0 bridgehead atoms. The van der Waals surface area contributed by atoms with Gasteiger partial charge in [-0.25, -0.2) is 0 Å². The molecule has 0 spiro atoms. The van der Waals surface area contributed by atoms with Crippen LogP contribution in [-0.4, -0.2) is 35.7 Å². The number of ketones is 2. The minimum atomic E-state index is -0.199. The van der Waals surface area contributed by atoms with Gasteiger partial charge in [0.1, 0.15) is 23.8 Å². The Bertz CT molecular complexity index is 385. The molecule has 21 heavy (non-hydrogen) atoms. The summed E-state index contributed by atoms with van der Waals surface area (Å²) >= 11 is 0. The summed E-state index contributed by atoms with van der Waals surface area (Å²) in [5.74, 6) is -0.178. The van der Waals surface area contributed by atoms with Gasteiger partial charge in [-0.2, -0.15) is 0 Å². The van der Waals surface area contributed by atoms with Crippen LogP contribution in [0, 0.1) is 0 Å². The molecule has 6 nitrogen and oxygen atoms in total. The van der Waals surface area contributed by atoms with Gasteiger partial charge in [0.05, 0.1) is 12.8 Å². The van der Waals surface area contributed by atoms with E-state index in [0.717, 1.165) is 0 Å². The Morgan fingerprint density at radius 2 is 1.19 bits per heavy atom. The van der Waals surface area contributed by atoms with Crippen LogP contribution in [0.5, 0.6) is 0 Å². The first kappa shape index (κ1) is 15.7. The van der Waals surface area contributed by atoms with Crippen molar-refractivity contribution in [3.05, 3.63) is 0 Å². The molecule has 0 amide bonds. The van der Waals surface area contributed by atoms with E-state index >= 15 is 0 Å². The van der Waals surface area contributed by atoms with Crippen molar-refractivity contribution < 1.29 is 28.7 Å². The van der Waals surface area contributed by atoms with Crippen molar-refractivity contribution in [1.29, 1.82) is 0 Å². The van der Waals surface area contributed by atoms with Crippen molar-refractivity contribution in [1.82, 2.24) is 0 Å². The standard InChI is InChI=1S/C15H20O6/c16-10(4-6-12-8-14(18)20-12)2-1-3-11(17)5-7-13-9-15(19)21-13/h12-13H,1-9H2. The molecule has 116 valence electrons. The first-order valence-electron chi connectivity index (χ1n) is 7.45. The van der Waals surface area contributed by atoms with Crippen LogP contribution in [0.25, 0.3) is 0 Å². The molecule has 2 saturated heterocycles. The van der Waals surface area contributed by atoms with Crippen LogP contribution in [0.4, 0.5) is 0 Å². The van der Waals surface area contributed by atoms with Gasteiger partial charge in [0.25, 0.3) is 0 Å². The summed E-state index contributed by atoms with van der Waals surface area (Å²) in [6.45, 7) is 0. The number of carbonyl (C=O) groups is 4. The van der Waals surface area contributed by atoms with Crippen molar-refractivity contribution in [3.8, 4) is 0 Å². The van der Waals surface area contributed by atoms with Gasteiger partial charge in [-0.3, -0.25) is 19.2 Å². The average Bonchev–Trinajstić information content (AvgIpc) is 2.37. The molecule has 6 heteroatoms. The van der Waals surface area contributed by atoms with Crippen LogP contribution in [-0.2, 0) is 28.7 Å². The van der Waals surface area contributed by atoms with Crippen LogP contribution < -0.4 is 0 Å². The molecule has 0 N–H and O–H groups in total. The minimum absolute atomic E-state index is 0.0896. The molecule has 0 aromatic heterocycles. The zero-order valence-corrected chi connectivity index (χ0v) is 12.0. The van der Waals surface area contributed by atoms with E-state index in [1.807, 2.05) is 0 Å². The Morgan fingerprint density at radius 1 is 0.810 bits per heavy atom. The van der Waals surface area contributed by atoms with Crippen LogP contribution in [0.3, 0.4) is 0 Å². The maximum atomic E-state index is 11.6. The summed E-state index contributed by atoms with van der Waals surface area (Å²) < 4.78 is 9.66. The van der Waals surface area contributed by atoms with E-state index in [1.54, 1.807) is 0 Å². The number of Topliss-reactive ketones (excluding diaryl/α,β-unsaturated/α-hetero) is 2. The summed E-state index contributed by atoms with van der Waals surface area (Å²) in [6, 6.07) is 0. The summed E-state index contributed by atoms with van der Waals surface area (Å²) in [5, 5.41) is 0. The number of carbonyl (C=O) groups excluding carboxylic acids is 4. The monoisotopic (exact) mass is 296 g/mol. The Hall–Kier alpha value is -1.72. The topological polar surface area (TPSA) is 86.7 Å². The molecule has 2 atom stereocenters. The Kier molecular flexibility index (Phi) is 5.47. The molecule has 2 fully saturated rings. The second-order valence-electron chi connectivity index (χ2n) is 5.64. The zero-order valence-electron chi connectivity index (χ0n) is 12.0. The molecule has 0 aliphatic carbocycles. The van der Waals surface area contributed by atoms with Crippen LogP contribution in [0.2, 0.25) is 0 Å². The van der Waals surface area contributed by atoms with Gasteiger partial charge in [-0.05, 0) is 19.3 Å². The fourth-order valence-electron chi connectivity index (χ4n) is 2.42. The fourth-order valence-corrected chi connectivity index (χ4v) is 2.42. The third-order valence-corrected chi connectivity index (χ3v) is 3.79. The second-order valence-corrected chi connectivity index (χ2v) is 5.64. The van der Waals surface area contributed by atoms with Crippen molar-refractivity contribution in [2.75, 3.05) is 0 Å². The van der Waals surface area contributed by atoms with Crippen LogP contribution >= 0.6 is 0 Å². The largest absolute Gasteiger partial charge is 0.462 e. The summed E-state index contributed by atoms with van der Waals surface area (Å²) in [7, 11) is 0. The number of rotatable bonds is 10. The molecular formula is C15H20O6. The Morgan fingerprint density at radius 3 is 1.52 bits per heavy atom. The number of hydrogen-bond donors (Lipinski definition) is 0. The molecule has 2 aliphatic rings. The lowest BCUT2D eigenvalue weighted by molar-refractivity contribution is -0.171. The van der Waals surface area contributed by atoms with Gasteiger partial charge in [0.2, 0.25) is 0 Å². The lowest BCUT2D eigenvalue weighted by Crippen LogP contribution is -2.33. The van der Waals surface area contributed by atoms with E-state index in [2.05, 4.69) is 0 Å². The van der Waals surface area contributed by atoms with Gasteiger partial charge < -0.3 is 9.47 Å². The lowest BCUT2D eigenvalue weighted by Gasteiger charge is -2.25. The highest BCUT2D eigenvalue weighted by molar-refractivity contribution is 5.82. The predicted octanol–water partition coefficient (Wildman–Crippen LogP) is 1.49. The highest BCUT2D eigenvalue weighted by Crippen LogP contribution is 2.20. The van der Waals surface area contributed by atoms with Crippen LogP contribution in [0.1, 0.15) is 57.8 Å². The fraction of sp³-hybridized carbons (Fsp3) is 0.733. The highest BCUT2D eigenvalue weighted by atomic mass is 16.6. The summed E-state index contributed by atoms with van der Waals surface area (Å²) in [6.07, 6.45) is 3.99.